The summed E-state index contributed by atoms with van der Waals surface area (Å²) in [7, 11) is 2.16. The Balaban J connectivity index is 1.51. The van der Waals surface area contributed by atoms with Gasteiger partial charge in [-0.2, -0.15) is 0 Å². The van der Waals surface area contributed by atoms with E-state index in [1.165, 1.54) is 5.56 Å². The first-order chi connectivity index (χ1) is 9.72. The standard InChI is InChI=1S/C14H21N3O2S/c1-16-4-6-17(7-5-16)14(20)15-9-11-2-3-12-13(8-11)19-10-18-12/h2-3,8,14-15,20H,4-7,9-10H2,1H3. The third-order valence-corrected chi connectivity index (χ3v) is 4.32. The van der Waals surface area contributed by atoms with Gasteiger partial charge < -0.3 is 14.4 Å². The molecule has 0 amide bonds. The van der Waals surface area contributed by atoms with Crippen LogP contribution in [0.1, 0.15) is 5.56 Å². The maximum atomic E-state index is 5.39. The molecule has 6 heteroatoms. The van der Waals surface area contributed by atoms with Crippen molar-refractivity contribution < 1.29 is 9.47 Å². The fourth-order valence-electron chi connectivity index (χ4n) is 2.46. The van der Waals surface area contributed by atoms with Crippen LogP contribution in [0, 0.1) is 0 Å². The summed E-state index contributed by atoms with van der Waals surface area (Å²) in [4.78, 5) is 4.70. The molecule has 2 heterocycles. The third kappa shape index (κ3) is 3.20. The van der Waals surface area contributed by atoms with Gasteiger partial charge in [0.05, 0.1) is 0 Å². The van der Waals surface area contributed by atoms with E-state index < -0.39 is 0 Å². The molecular formula is C14H21N3O2S. The van der Waals surface area contributed by atoms with Crippen LogP contribution in [0.2, 0.25) is 0 Å². The molecule has 5 nitrogen and oxygen atoms in total. The molecule has 1 aromatic rings. The number of likely N-dealkylation sites (N-methyl/N-ethyl adjacent to an activating group) is 1. The predicted molar refractivity (Wildman–Crippen MR) is 81.2 cm³/mol. The highest BCUT2D eigenvalue weighted by molar-refractivity contribution is 7.80. The number of hydrogen-bond donors (Lipinski definition) is 2. The number of hydrogen-bond acceptors (Lipinski definition) is 6. The lowest BCUT2D eigenvalue weighted by Gasteiger charge is -2.36. The van der Waals surface area contributed by atoms with E-state index in [9.17, 15) is 0 Å². The van der Waals surface area contributed by atoms with Gasteiger partial charge in [-0.3, -0.25) is 10.2 Å². The monoisotopic (exact) mass is 295 g/mol. The van der Waals surface area contributed by atoms with Gasteiger partial charge in [-0.05, 0) is 24.7 Å². The summed E-state index contributed by atoms with van der Waals surface area (Å²) in [5, 5.41) is 3.45. The molecule has 0 radical (unpaired) electrons. The van der Waals surface area contributed by atoms with E-state index in [-0.39, 0.29) is 5.50 Å². The van der Waals surface area contributed by atoms with Crippen LogP contribution in [0.15, 0.2) is 18.2 Å². The third-order valence-electron chi connectivity index (χ3n) is 3.81. The number of ether oxygens (including phenoxy) is 2. The molecule has 1 fully saturated rings. The maximum absolute atomic E-state index is 5.39. The number of benzene rings is 1. The van der Waals surface area contributed by atoms with Crippen molar-refractivity contribution in [2.45, 2.75) is 12.0 Å². The Labute approximate surface area is 125 Å². The van der Waals surface area contributed by atoms with Crippen LogP contribution in [0.3, 0.4) is 0 Å². The zero-order chi connectivity index (χ0) is 13.9. The molecular weight excluding hydrogens is 274 g/mol. The number of thiol groups is 1. The Hall–Kier alpha value is -0.950. The molecule has 0 aliphatic carbocycles. The summed E-state index contributed by atoms with van der Waals surface area (Å²) < 4.78 is 10.7. The van der Waals surface area contributed by atoms with E-state index in [0.29, 0.717) is 6.79 Å². The molecule has 1 saturated heterocycles. The molecule has 0 aromatic heterocycles. The van der Waals surface area contributed by atoms with Gasteiger partial charge in [0.25, 0.3) is 0 Å². The average Bonchev–Trinajstić information content (AvgIpc) is 2.93. The van der Waals surface area contributed by atoms with Crippen LogP contribution in [-0.4, -0.2) is 55.3 Å². The average molecular weight is 295 g/mol. The van der Waals surface area contributed by atoms with Gasteiger partial charge in [-0.1, -0.05) is 6.07 Å². The van der Waals surface area contributed by atoms with Crippen molar-refractivity contribution in [1.82, 2.24) is 15.1 Å². The first-order valence-corrected chi connectivity index (χ1v) is 7.46. The number of rotatable bonds is 4. The van der Waals surface area contributed by atoms with Crippen LogP contribution in [0.25, 0.3) is 0 Å². The molecule has 1 atom stereocenters. The van der Waals surface area contributed by atoms with Crippen molar-refractivity contribution in [3.63, 3.8) is 0 Å². The van der Waals surface area contributed by atoms with E-state index in [4.69, 9.17) is 9.47 Å². The Morgan fingerprint density at radius 1 is 1.20 bits per heavy atom. The second-order valence-electron chi connectivity index (χ2n) is 5.28. The van der Waals surface area contributed by atoms with Crippen LogP contribution in [0.5, 0.6) is 11.5 Å². The Morgan fingerprint density at radius 3 is 2.75 bits per heavy atom. The zero-order valence-corrected chi connectivity index (χ0v) is 12.6. The minimum atomic E-state index is 0.0918. The largest absolute Gasteiger partial charge is 0.454 e. The smallest absolute Gasteiger partial charge is 0.231 e. The molecule has 110 valence electrons. The first-order valence-electron chi connectivity index (χ1n) is 6.95. The summed E-state index contributed by atoms with van der Waals surface area (Å²) in [6.07, 6.45) is 0. The van der Waals surface area contributed by atoms with Crippen molar-refractivity contribution in [2.75, 3.05) is 40.0 Å². The van der Waals surface area contributed by atoms with Crippen molar-refractivity contribution in [3.05, 3.63) is 23.8 Å². The fourth-order valence-corrected chi connectivity index (χ4v) is 2.78. The fraction of sp³-hybridized carbons (Fsp3) is 0.571. The highest BCUT2D eigenvalue weighted by Crippen LogP contribution is 2.32. The van der Waals surface area contributed by atoms with Crippen molar-refractivity contribution in [2.24, 2.45) is 0 Å². The van der Waals surface area contributed by atoms with Crippen LogP contribution in [0.4, 0.5) is 0 Å². The number of nitrogens with one attached hydrogen (secondary N) is 1. The normalized spacial score (nSPS) is 21.1. The van der Waals surface area contributed by atoms with Gasteiger partial charge >= 0.3 is 0 Å². The van der Waals surface area contributed by atoms with Crippen LogP contribution < -0.4 is 14.8 Å². The second-order valence-corrected chi connectivity index (χ2v) is 5.77. The quantitative estimate of drug-likeness (QED) is 0.639. The zero-order valence-electron chi connectivity index (χ0n) is 11.7. The van der Waals surface area contributed by atoms with Gasteiger partial charge in [0.2, 0.25) is 6.79 Å². The van der Waals surface area contributed by atoms with Crippen molar-refractivity contribution in [1.29, 1.82) is 0 Å². The van der Waals surface area contributed by atoms with Crippen molar-refractivity contribution in [3.8, 4) is 11.5 Å². The van der Waals surface area contributed by atoms with Gasteiger partial charge in [-0.25, -0.2) is 0 Å². The summed E-state index contributed by atoms with van der Waals surface area (Å²) in [5.74, 6) is 1.66. The Kier molecular flexibility index (Phi) is 4.35. The molecule has 1 aromatic carbocycles. The lowest BCUT2D eigenvalue weighted by atomic mass is 10.2. The second kappa shape index (κ2) is 6.22. The Morgan fingerprint density at radius 2 is 1.95 bits per heavy atom. The van der Waals surface area contributed by atoms with E-state index in [0.717, 1.165) is 44.2 Å². The van der Waals surface area contributed by atoms with Gasteiger partial charge in [-0.15, -0.1) is 12.6 Å². The lowest BCUT2D eigenvalue weighted by molar-refractivity contribution is 0.132. The molecule has 0 spiro atoms. The highest BCUT2D eigenvalue weighted by atomic mass is 32.1. The minimum Gasteiger partial charge on any atom is -0.454 e. The van der Waals surface area contributed by atoms with Gasteiger partial charge in [0.15, 0.2) is 11.5 Å². The molecule has 2 aliphatic rings. The SMILES string of the molecule is CN1CCN(C(S)NCc2ccc3c(c2)OCO3)CC1. The molecule has 20 heavy (non-hydrogen) atoms. The topological polar surface area (TPSA) is 37.0 Å². The molecule has 1 unspecified atom stereocenters. The lowest BCUT2D eigenvalue weighted by Crippen LogP contribution is -2.51. The summed E-state index contributed by atoms with van der Waals surface area (Å²) >= 11 is 4.65. The highest BCUT2D eigenvalue weighted by Gasteiger charge is 2.19. The maximum Gasteiger partial charge on any atom is 0.231 e. The van der Waals surface area contributed by atoms with Gasteiger partial charge in [0, 0.05) is 32.7 Å². The number of fused-ring (bicyclic) bond motifs is 1. The molecule has 2 aliphatic heterocycles. The summed E-state index contributed by atoms with van der Waals surface area (Å²) in [5.41, 5.74) is 1.27. The van der Waals surface area contributed by atoms with Gasteiger partial charge in [0.1, 0.15) is 5.50 Å². The summed E-state index contributed by atoms with van der Waals surface area (Å²) in [6.45, 7) is 5.41. The molecule has 0 bridgehead atoms. The minimum absolute atomic E-state index is 0.0918. The van der Waals surface area contributed by atoms with E-state index in [2.05, 4.69) is 40.9 Å². The Bertz CT molecular complexity index is 464. The van der Waals surface area contributed by atoms with E-state index in [1.807, 2.05) is 12.1 Å². The summed E-state index contributed by atoms with van der Waals surface area (Å²) in [6, 6.07) is 6.05. The first kappa shape index (κ1) is 14.0. The molecule has 3 rings (SSSR count). The molecule has 0 saturated carbocycles. The number of piperazine rings is 1. The van der Waals surface area contributed by atoms with Crippen LogP contribution in [-0.2, 0) is 6.54 Å². The molecule has 1 N–H and O–H groups in total. The number of nitrogens with zero attached hydrogens (tertiary/aromatic N) is 2. The van der Waals surface area contributed by atoms with E-state index in [1.54, 1.807) is 0 Å². The van der Waals surface area contributed by atoms with Crippen LogP contribution >= 0.6 is 12.6 Å². The van der Waals surface area contributed by atoms with Crippen molar-refractivity contribution >= 4 is 12.6 Å². The predicted octanol–water partition coefficient (Wildman–Crippen LogP) is 0.966. The van der Waals surface area contributed by atoms with E-state index >= 15 is 0 Å².